The van der Waals surface area contributed by atoms with Crippen molar-refractivity contribution in [2.45, 2.75) is 27.0 Å². The van der Waals surface area contributed by atoms with E-state index in [-0.39, 0.29) is 23.9 Å². The fourth-order valence-electron chi connectivity index (χ4n) is 2.48. The maximum Gasteiger partial charge on any atom is 0.274 e. The number of aromatic nitrogens is 3. The molecule has 0 saturated carbocycles. The number of rotatable bonds is 5. The van der Waals surface area contributed by atoms with Crippen LogP contribution in [0.15, 0.2) is 48.5 Å². The smallest absolute Gasteiger partial charge is 0.274 e. The molecule has 2 aromatic carbocycles. The predicted molar refractivity (Wildman–Crippen MR) is 94.4 cm³/mol. The van der Waals surface area contributed by atoms with Crippen LogP contribution in [0.4, 0.5) is 0 Å². The van der Waals surface area contributed by atoms with Gasteiger partial charge in [0.05, 0.1) is 12.3 Å². The molecule has 0 aliphatic heterocycles. The first-order valence-electron chi connectivity index (χ1n) is 8.05. The van der Waals surface area contributed by atoms with Gasteiger partial charge < -0.3 is 10.4 Å². The van der Waals surface area contributed by atoms with Gasteiger partial charge in [0.1, 0.15) is 5.69 Å². The molecule has 1 heterocycles. The molecule has 0 atom stereocenters. The van der Waals surface area contributed by atoms with Crippen molar-refractivity contribution in [3.63, 3.8) is 0 Å². The minimum Gasteiger partial charge on any atom is -0.390 e. The molecule has 0 bridgehead atoms. The van der Waals surface area contributed by atoms with Gasteiger partial charge in [-0.05, 0) is 37.1 Å². The Hall–Kier alpha value is -2.99. The monoisotopic (exact) mass is 336 g/mol. The lowest BCUT2D eigenvalue weighted by Crippen LogP contribution is -2.25. The van der Waals surface area contributed by atoms with Gasteiger partial charge in [-0.2, -0.15) is 4.80 Å². The molecule has 2 N–H and O–H groups in total. The number of aryl methyl sites for hydroxylation is 2. The van der Waals surface area contributed by atoms with Crippen molar-refractivity contribution in [2.75, 3.05) is 0 Å². The number of carbonyl (C=O) groups excluding carboxylic acids is 1. The van der Waals surface area contributed by atoms with Crippen LogP contribution in [0.1, 0.15) is 32.9 Å². The number of benzene rings is 2. The summed E-state index contributed by atoms with van der Waals surface area (Å²) in [6.07, 6.45) is 0. The third kappa shape index (κ3) is 3.75. The van der Waals surface area contributed by atoms with E-state index in [9.17, 15) is 9.90 Å². The van der Waals surface area contributed by atoms with Gasteiger partial charge in [0.2, 0.25) is 0 Å². The summed E-state index contributed by atoms with van der Waals surface area (Å²) in [5, 5.41) is 20.8. The Labute approximate surface area is 146 Å². The number of hydrogen-bond acceptors (Lipinski definition) is 4. The molecule has 128 valence electrons. The van der Waals surface area contributed by atoms with Crippen LogP contribution in [-0.4, -0.2) is 26.0 Å². The Morgan fingerprint density at radius 1 is 1.08 bits per heavy atom. The number of hydrogen-bond donors (Lipinski definition) is 2. The Kier molecular flexibility index (Phi) is 4.90. The first-order chi connectivity index (χ1) is 12.1. The number of aliphatic hydroxyl groups is 1. The lowest BCUT2D eigenvalue weighted by atomic mass is 10.1. The summed E-state index contributed by atoms with van der Waals surface area (Å²) in [6.45, 7) is 4.03. The molecule has 0 fully saturated rings. The lowest BCUT2D eigenvalue weighted by molar-refractivity contribution is 0.0942. The lowest BCUT2D eigenvalue weighted by Gasteiger charge is -2.06. The van der Waals surface area contributed by atoms with Gasteiger partial charge in [0, 0.05) is 6.54 Å². The highest BCUT2D eigenvalue weighted by Gasteiger charge is 2.18. The summed E-state index contributed by atoms with van der Waals surface area (Å²) in [4.78, 5) is 13.8. The van der Waals surface area contributed by atoms with Crippen LogP contribution in [0.3, 0.4) is 0 Å². The van der Waals surface area contributed by atoms with Gasteiger partial charge >= 0.3 is 0 Å². The van der Waals surface area contributed by atoms with Crippen LogP contribution in [0, 0.1) is 13.8 Å². The van der Waals surface area contributed by atoms with E-state index < -0.39 is 0 Å². The number of nitrogens with zero attached hydrogens (tertiary/aromatic N) is 3. The molecule has 0 radical (unpaired) electrons. The normalized spacial score (nSPS) is 10.7. The Morgan fingerprint density at radius 3 is 2.48 bits per heavy atom. The predicted octanol–water partition coefficient (Wildman–Crippen LogP) is 2.31. The van der Waals surface area contributed by atoms with Gasteiger partial charge in [-0.3, -0.25) is 4.79 Å². The third-order valence-corrected chi connectivity index (χ3v) is 4.01. The van der Waals surface area contributed by atoms with Crippen molar-refractivity contribution >= 4 is 5.91 Å². The average Bonchev–Trinajstić information content (AvgIpc) is 3.06. The summed E-state index contributed by atoms with van der Waals surface area (Å²) in [5.74, 6) is -0.356. The molecule has 1 aromatic heterocycles. The average molecular weight is 336 g/mol. The van der Waals surface area contributed by atoms with E-state index in [1.807, 2.05) is 62.4 Å². The van der Waals surface area contributed by atoms with E-state index in [1.54, 1.807) is 0 Å². The van der Waals surface area contributed by atoms with E-state index in [1.165, 1.54) is 4.80 Å². The van der Waals surface area contributed by atoms with Gasteiger partial charge in [0.25, 0.3) is 5.91 Å². The van der Waals surface area contributed by atoms with Gasteiger partial charge in [-0.1, -0.05) is 42.0 Å². The quantitative estimate of drug-likeness (QED) is 0.749. The van der Waals surface area contributed by atoms with Crippen LogP contribution >= 0.6 is 0 Å². The van der Waals surface area contributed by atoms with E-state index >= 15 is 0 Å². The molecular weight excluding hydrogens is 316 g/mol. The topological polar surface area (TPSA) is 80.0 Å². The molecule has 0 aliphatic rings. The molecule has 25 heavy (non-hydrogen) atoms. The largest absolute Gasteiger partial charge is 0.390 e. The molecule has 0 unspecified atom stereocenters. The van der Waals surface area contributed by atoms with Crippen molar-refractivity contribution < 1.29 is 9.90 Å². The minimum absolute atomic E-state index is 0.136. The summed E-state index contributed by atoms with van der Waals surface area (Å²) in [7, 11) is 0. The highest BCUT2D eigenvalue weighted by Crippen LogP contribution is 2.11. The molecule has 0 saturated heterocycles. The Balaban J connectivity index is 1.80. The highest BCUT2D eigenvalue weighted by atomic mass is 16.3. The molecule has 0 spiro atoms. The molecule has 3 aromatic rings. The first kappa shape index (κ1) is 16.9. The van der Waals surface area contributed by atoms with Crippen LogP contribution in [-0.2, 0) is 13.2 Å². The fourth-order valence-corrected chi connectivity index (χ4v) is 2.48. The second-order valence-electron chi connectivity index (χ2n) is 5.89. The Bertz CT molecular complexity index is 885. The number of nitrogens with one attached hydrogen (secondary N) is 1. The zero-order valence-corrected chi connectivity index (χ0v) is 14.2. The van der Waals surface area contributed by atoms with Crippen LogP contribution in [0.2, 0.25) is 0 Å². The minimum atomic E-state index is -0.356. The standard InChI is InChI=1S/C19H20N4O2/c1-13-7-9-16(10-8-13)23-21-17(12-24)18(22-23)19(25)20-11-15-6-4-3-5-14(15)2/h3-10,24H,11-12H2,1-2H3,(H,20,25). The van der Waals surface area contributed by atoms with E-state index in [4.69, 9.17) is 0 Å². The van der Waals surface area contributed by atoms with Crippen molar-refractivity contribution in [3.8, 4) is 5.69 Å². The zero-order valence-electron chi connectivity index (χ0n) is 14.2. The second-order valence-corrected chi connectivity index (χ2v) is 5.89. The van der Waals surface area contributed by atoms with E-state index in [2.05, 4.69) is 15.5 Å². The number of aliphatic hydroxyl groups excluding tert-OH is 1. The molecule has 6 heteroatoms. The SMILES string of the molecule is Cc1ccc(-n2nc(CO)c(C(=O)NCc3ccccc3C)n2)cc1. The maximum atomic E-state index is 12.5. The highest BCUT2D eigenvalue weighted by molar-refractivity contribution is 5.93. The van der Waals surface area contributed by atoms with Crippen molar-refractivity contribution in [2.24, 2.45) is 0 Å². The summed E-state index contributed by atoms with van der Waals surface area (Å²) < 4.78 is 0. The van der Waals surface area contributed by atoms with Crippen molar-refractivity contribution in [1.82, 2.24) is 20.3 Å². The van der Waals surface area contributed by atoms with Gasteiger partial charge in [0.15, 0.2) is 5.69 Å². The molecular formula is C19H20N4O2. The van der Waals surface area contributed by atoms with Crippen LogP contribution in [0.25, 0.3) is 5.69 Å². The van der Waals surface area contributed by atoms with Gasteiger partial charge in [-0.25, -0.2) is 0 Å². The van der Waals surface area contributed by atoms with Crippen LogP contribution in [0.5, 0.6) is 0 Å². The van der Waals surface area contributed by atoms with Crippen molar-refractivity contribution in [3.05, 3.63) is 76.6 Å². The van der Waals surface area contributed by atoms with E-state index in [0.29, 0.717) is 6.54 Å². The first-order valence-corrected chi connectivity index (χ1v) is 8.05. The van der Waals surface area contributed by atoms with E-state index in [0.717, 1.165) is 22.4 Å². The fraction of sp³-hybridized carbons (Fsp3) is 0.211. The molecule has 3 rings (SSSR count). The van der Waals surface area contributed by atoms with Crippen LogP contribution < -0.4 is 5.32 Å². The maximum absolute atomic E-state index is 12.5. The number of amides is 1. The van der Waals surface area contributed by atoms with Crippen molar-refractivity contribution in [1.29, 1.82) is 0 Å². The van der Waals surface area contributed by atoms with Gasteiger partial charge in [-0.15, -0.1) is 10.2 Å². The summed E-state index contributed by atoms with van der Waals surface area (Å²) >= 11 is 0. The molecule has 6 nitrogen and oxygen atoms in total. The Morgan fingerprint density at radius 2 is 1.80 bits per heavy atom. The zero-order chi connectivity index (χ0) is 17.8. The third-order valence-electron chi connectivity index (χ3n) is 4.01. The molecule has 0 aliphatic carbocycles. The number of carbonyl (C=O) groups is 1. The summed E-state index contributed by atoms with van der Waals surface area (Å²) in [5.41, 5.74) is 4.38. The second kappa shape index (κ2) is 7.27. The molecule has 1 amide bonds. The summed E-state index contributed by atoms with van der Waals surface area (Å²) in [6, 6.07) is 15.5.